The monoisotopic (exact) mass is 597 g/mol. The molecular weight excluding hydrogens is 563 g/mol. The molecule has 0 spiro atoms. The molecule has 14 heteroatoms. The summed E-state index contributed by atoms with van der Waals surface area (Å²) in [6.07, 6.45) is -1.03. The molecule has 224 valence electrons. The number of rotatable bonds is 10. The van der Waals surface area contributed by atoms with E-state index in [1.807, 2.05) is 43.3 Å². The van der Waals surface area contributed by atoms with Gasteiger partial charge in [0.1, 0.15) is 5.82 Å². The molecule has 0 amide bonds. The van der Waals surface area contributed by atoms with Crippen LogP contribution in [0, 0.1) is 18.8 Å². The van der Waals surface area contributed by atoms with Crippen molar-refractivity contribution in [3.05, 3.63) is 54.1 Å². The van der Waals surface area contributed by atoms with Crippen molar-refractivity contribution >= 4 is 38.7 Å². The second-order valence-corrected chi connectivity index (χ2v) is 11.6. The molecule has 41 heavy (non-hydrogen) atoms. The first-order chi connectivity index (χ1) is 19.4. The van der Waals surface area contributed by atoms with Gasteiger partial charge in [-0.15, -0.1) is 0 Å². The van der Waals surface area contributed by atoms with Crippen LogP contribution in [-0.4, -0.2) is 67.0 Å². The van der Waals surface area contributed by atoms with E-state index in [1.165, 1.54) is 0 Å². The van der Waals surface area contributed by atoms with Crippen molar-refractivity contribution in [1.82, 2.24) is 14.7 Å². The van der Waals surface area contributed by atoms with E-state index in [0.717, 1.165) is 48.7 Å². The highest BCUT2D eigenvalue weighted by Gasteiger charge is 2.38. The van der Waals surface area contributed by atoms with Crippen molar-refractivity contribution < 1.29 is 36.6 Å². The molecule has 1 aromatic heterocycles. The number of anilines is 2. The highest BCUT2D eigenvalue weighted by atomic mass is 32.2. The SMILES string of the molecule is Cc1ccc(S(=O)(=O)NCC2CCC(CNc3nc(NCCO)c4ccccc4n3)CC2)cc1.O=C(O)C(F)(F)F. The Morgan fingerprint density at radius 2 is 1.54 bits per heavy atom. The summed E-state index contributed by atoms with van der Waals surface area (Å²) in [5, 5.41) is 23.8. The smallest absolute Gasteiger partial charge is 0.475 e. The summed E-state index contributed by atoms with van der Waals surface area (Å²) in [5.74, 6) is -0.622. The Balaban J connectivity index is 0.000000587. The molecule has 0 aliphatic heterocycles. The lowest BCUT2D eigenvalue weighted by Crippen LogP contribution is -2.32. The maximum absolute atomic E-state index is 12.5. The van der Waals surface area contributed by atoms with Crippen LogP contribution in [0.5, 0.6) is 0 Å². The van der Waals surface area contributed by atoms with Gasteiger partial charge in [-0.2, -0.15) is 18.2 Å². The second kappa shape index (κ2) is 14.4. The van der Waals surface area contributed by atoms with Crippen LogP contribution in [0.3, 0.4) is 0 Å². The lowest BCUT2D eigenvalue weighted by atomic mass is 9.82. The fourth-order valence-electron chi connectivity index (χ4n) is 4.37. The number of carboxylic acids is 1. The zero-order valence-electron chi connectivity index (χ0n) is 22.5. The minimum Gasteiger partial charge on any atom is -0.475 e. The maximum Gasteiger partial charge on any atom is 0.490 e. The van der Waals surface area contributed by atoms with Crippen LogP contribution < -0.4 is 15.4 Å². The zero-order valence-corrected chi connectivity index (χ0v) is 23.3. The summed E-state index contributed by atoms with van der Waals surface area (Å²) in [6, 6.07) is 14.8. The van der Waals surface area contributed by atoms with Gasteiger partial charge < -0.3 is 20.8 Å². The van der Waals surface area contributed by atoms with Crippen molar-refractivity contribution in [3.8, 4) is 0 Å². The Hall–Kier alpha value is -3.49. The molecule has 0 radical (unpaired) electrons. The van der Waals surface area contributed by atoms with Gasteiger partial charge in [0.2, 0.25) is 16.0 Å². The molecule has 1 heterocycles. The molecule has 0 saturated heterocycles. The number of benzene rings is 2. The predicted molar refractivity (Wildman–Crippen MR) is 149 cm³/mol. The van der Waals surface area contributed by atoms with E-state index in [1.54, 1.807) is 12.1 Å². The quantitative estimate of drug-likeness (QED) is 0.232. The number of hydrogen-bond acceptors (Lipinski definition) is 8. The van der Waals surface area contributed by atoms with Crippen LogP contribution in [0.15, 0.2) is 53.4 Å². The topological polar surface area (TPSA) is 154 Å². The van der Waals surface area contributed by atoms with Crippen LogP contribution in [0.2, 0.25) is 0 Å². The second-order valence-electron chi connectivity index (χ2n) is 9.80. The Morgan fingerprint density at radius 3 is 2.12 bits per heavy atom. The van der Waals surface area contributed by atoms with Crippen LogP contribution in [0.4, 0.5) is 24.9 Å². The van der Waals surface area contributed by atoms with E-state index in [-0.39, 0.29) is 6.61 Å². The molecule has 10 nitrogen and oxygen atoms in total. The fraction of sp³-hybridized carbons (Fsp3) is 0.444. The van der Waals surface area contributed by atoms with Crippen molar-refractivity contribution in [2.75, 3.05) is 36.9 Å². The van der Waals surface area contributed by atoms with Gasteiger partial charge in [0, 0.05) is 25.0 Å². The number of aryl methyl sites for hydroxylation is 1. The number of nitrogens with zero attached hydrogens (tertiary/aromatic N) is 2. The molecule has 1 fully saturated rings. The summed E-state index contributed by atoms with van der Waals surface area (Å²) in [5.41, 5.74) is 1.89. The number of nitrogens with one attached hydrogen (secondary N) is 3. The Bertz CT molecular complexity index is 1400. The highest BCUT2D eigenvalue weighted by molar-refractivity contribution is 7.89. The number of fused-ring (bicyclic) bond motifs is 1. The minimum atomic E-state index is -5.08. The average Bonchev–Trinajstić information content (AvgIpc) is 2.94. The number of para-hydroxylation sites is 1. The van der Waals surface area contributed by atoms with E-state index in [2.05, 4.69) is 25.3 Å². The molecule has 0 bridgehead atoms. The minimum absolute atomic E-state index is 0.0332. The van der Waals surface area contributed by atoms with Gasteiger partial charge in [-0.1, -0.05) is 29.8 Å². The predicted octanol–water partition coefficient (Wildman–Crippen LogP) is 4.17. The summed E-state index contributed by atoms with van der Waals surface area (Å²) in [7, 11) is -3.47. The van der Waals surface area contributed by atoms with Crippen molar-refractivity contribution in [1.29, 1.82) is 0 Å². The van der Waals surface area contributed by atoms with Gasteiger partial charge >= 0.3 is 12.1 Å². The lowest BCUT2D eigenvalue weighted by Gasteiger charge is -2.28. The van der Waals surface area contributed by atoms with Gasteiger partial charge in [0.15, 0.2) is 0 Å². The third-order valence-corrected chi connectivity index (χ3v) is 8.10. The number of aliphatic carboxylic acids is 1. The molecular formula is C27H34F3N5O5S. The normalized spacial score (nSPS) is 17.4. The first-order valence-electron chi connectivity index (χ1n) is 13.1. The summed E-state index contributed by atoms with van der Waals surface area (Å²) in [6.45, 7) is 3.66. The largest absolute Gasteiger partial charge is 0.490 e. The lowest BCUT2D eigenvalue weighted by molar-refractivity contribution is -0.192. The van der Waals surface area contributed by atoms with Crippen molar-refractivity contribution in [3.63, 3.8) is 0 Å². The summed E-state index contributed by atoms with van der Waals surface area (Å²) < 4.78 is 59.6. The van der Waals surface area contributed by atoms with Gasteiger partial charge in [0.05, 0.1) is 17.0 Å². The van der Waals surface area contributed by atoms with E-state index in [0.29, 0.717) is 41.6 Å². The Kier molecular flexibility index (Phi) is 11.3. The third kappa shape index (κ3) is 9.83. The Labute approximate surface area is 236 Å². The van der Waals surface area contributed by atoms with Crippen molar-refractivity contribution in [2.45, 2.75) is 43.7 Å². The number of aromatic nitrogens is 2. The molecule has 4 rings (SSSR count). The molecule has 1 aliphatic carbocycles. The third-order valence-electron chi connectivity index (χ3n) is 6.66. The van der Waals surface area contributed by atoms with Gasteiger partial charge in [0.25, 0.3) is 0 Å². The van der Waals surface area contributed by atoms with Gasteiger partial charge in [-0.25, -0.2) is 22.9 Å². The first-order valence-corrected chi connectivity index (χ1v) is 14.6. The summed E-state index contributed by atoms with van der Waals surface area (Å²) in [4.78, 5) is 18.5. The number of carboxylic acid groups (broad SMARTS) is 1. The van der Waals surface area contributed by atoms with Gasteiger partial charge in [-0.3, -0.25) is 0 Å². The van der Waals surface area contributed by atoms with Crippen molar-refractivity contribution in [2.24, 2.45) is 11.8 Å². The number of aliphatic hydroxyl groups is 1. The fourth-order valence-corrected chi connectivity index (χ4v) is 5.48. The number of carbonyl (C=O) groups is 1. The zero-order chi connectivity index (χ0) is 30.0. The maximum atomic E-state index is 12.5. The number of sulfonamides is 1. The molecule has 1 aliphatic rings. The standard InChI is InChI=1S/C25H33N5O3S.C2HF3O2/c1-18-6-12-21(13-7-18)34(32,33)28-17-20-10-8-19(9-11-20)16-27-25-29-23-5-3-2-4-22(23)24(30-25)26-14-15-31;3-2(4,5)1(6)7/h2-7,12-13,19-20,28,31H,8-11,14-17H2,1H3,(H2,26,27,29,30);(H,6,7). The van der Waals surface area contributed by atoms with E-state index >= 15 is 0 Å². The van der Waals surface area contributed by atoms with Crippen LogP contribution in [0.1, 0.15) is 31.2 Å². The van der Waals surface area contributed by atoms with Crippen LogP contribution >= 0.6 is 0 Å². The average molecular weight is 598 g/mol. The van der Waals surface area contributed by atoms with E-state index in [9.17, 15) is 21.6 Å². The molecule has 2 aromatic carbocycles. The molecule has 1 saturated carbocycles. The van der Waals surface area contributed by atoms with Crippen LogP contribution in [-0.2, 0) is 14.8 Å². The highest BCUT2D eigenvalue weighted by Crippen LogP contribution is 2.29. The number of alkyl halides is 3. The van der Waals surface area contributed by atoms with Gasteiger partial charge in [-0.05, 0) is 68.7 Å². The first kappa shape index (κ1) is 32.0. The van der Waals surface area contributed by atoms with E-state index in [4.69, 9.17) is 15.0 Å². The Morgan fingerprint density at radius 1 is 0.951 bits per heavy atom. The van der Waals surface area contributed by atoms with Crippen LogP contribution in [0.25, 0.3) is 10.9 Å². The molecule has 0 atom stereocenters. The molecule has 5 N–H and O–H groups in total. The number of hydrogen-bond donors (Lipinski definition) is 5. The molecule has 3 aromatic rings. The molecule has 0 unspecified atom stereocenters. The number of aliphatic hydroxyl groups excluding tert-OH is 1. The summed E-state index contributed by atoms with van der Waals surface area (Å²) >= 11 is 0. The van der Waals surface area contributed by atoms with E-state index < -0.39 is 22.2 Å². The number of halogens is 3.